The summed E-state index contributed by atoms with van der Waals surface area (Å²) in [5.74, 6) is 0.882. The van der Waals surface area contributed by atoms with E-state index in [-0.39, 0.29) is 24.0 Å². The predicted molar refractivity (Wildman–Crippen MR) is 115 cm³/mol. The van der Waals surface area contributed by atoms with Gasteiger partial charge < -0.3 is 14.8 Å². The molecule has 0 atom stereocenters. The van der Waals surface area contributed by atoms with Gasteiger partial charge >= 0.3 is 5.69 Å². The number of amides is 1. The Balaban J connectivity index is 1.59. The molecule has 1 N–H and O–H groups in total. The van der Waals surface area contributed by atoms with E-state index in [2.05, 4.69) is 15.4 Å². The van der Waals surface area contributed by atoms with E-state index in [1.165, 1.54) is 16.8 Å². The quantitative estimate of drug-likeness (QED) is 0.516. The van der Waals surface area contributed by atoms with Crippen LogP contribution in [0, 0.1) is 13.8 Å². The number of nitrogens with one attached hydrogen (secondary N) is 1. The van der Waals surface area contributed by atoms with Crippen molar-refractivity contribution in [1.82, 2.24) is 19.2 Å². The lowest BCUT2D eigenvalue weighted by atomic mass is 10.1. The van der Waals surface area contributed by atoms with Crippen molar-refractivity contribution in [2.75, 3.05) is 12.4 Å². The van der Waals surface area contributed by atoms with Crippen LogP contribution < -0.4 is 20.5 Å². The summed E-state index contributed by atoms with van der Waals surface area (Å²) in [6.45, 7) is 3.65. The van der Waals surface area contributed by atoms with E-state index in [4.69, 9.17) is 9.47 Å². The molecule has 1 amide bonds. The number of carbonyl (C=O) groups excluding carboxylic acids is 1. The first-order chi connectivity index (χ1) is 14.9. The third-order valence-corrected chi connectivity index (χ3v) is 4.67. The van der Waals surface area contributed by atoms with Gasteiger partial charge in [-0.3, -0.25) is 4.79 Å². The van der Waals surface area contributed by atoms with Crippen molar-refractivity contribution < 1.29 is 14.3 Å². The first-order valence-corrected chi connectivity index (χ1v) is 9.58. The molecule has 0 saturated heterocycles. The summed E-state index contributed by atoms with van der Waals surface area (Å²) in [6, 6.07) is 12.7. The minimum Gasteiger partial charge on any atom is -0.497 e. The van der Waals surface area contributed by atoms with Gasteiger partial charge in [-0.15, -0.1) is 5.10 Å². The van der Waals surface area contributed by atoms with Crippen LogP contribution in [0.25, 0.3) is 5.65 Å². The highest BCUT2D eigenvalue weighted by Gasteiger charge is 2.16. The van der Waals surface area contributed by atoms with Gasteiger partial charge in [-0.05, 0) is 37.6 Å². The number of hydrogen-bond acceptors (Lipinski definition) is 6. The second-order valence-corrected chi connectivity index (χ2v) is 7.01. The predicted octanol–water partition coefficient (Wildman–Crippen LogP) is 2.95. The molecule has 0 aliphatic carbocycles. The molecular weight excluding hydrogens is 398 g/mol. The van der Waals surface area contributed by atoms with Crippen LogP contribution in [0.5, 0.6) is 17.4 Å². The number of ether oxygens (including phenoxy) is 2. The largest absolute Gasteiger partial charge is 0.497 e. The standard InChI is InChI=1S/C22H21N5O4/c1-14-7-8-18(15(2)11-14)24-19(28)13-27-22(29)26-10-9-23-21(20(26)25-27)31-17-6-4-5-16(12-17)30-3/h4-12H,13H2,1-3H3,(H,24,28). The molecule has 31 heavy (non-hydrogen) atoms. The first-order valence-electron chi connectivity index (χ1n) is 9.58. The Morgan fingerprint density at radius 2 is 1.94 bits per heavy atom. The van der Waals surface area contributed by atoms with Gasteiger partial charge in [0.1, 0.15) is 18.0 Å². The molecule has 9 nitrogen and oxygen atoms in total. The lowest BCUT2D eigenvalue weighted by Gasteiger charge is -2.08. The van der Waals surface area contributed by atoms with Gasteiger partial charge in [0.05, 0.1) is 7.11 Å². The molecule has 0 saturated carbocycles. The first kappa shape index (κ1) is 20.1. The van der Waals surface area contributed by atoms with Gasteiger partial charge in [-0.2, -0.15) is 0 Å². The maximum atomic E-state index is 12.7. The molecule has 2 aromatic heterocycles. The highest BCUT2D eigenvalue weighted by molar-refractivity contribution is 5.91. The van der Waals surface area contributed by atoms with Crippen LogP contribution in [-0.2, 0) is 11.3 Å². The van der Waals surface area contributed by atoms with E-state index in [1.807, 2.05) is 32.0 Å². The summed E-state index contributed by atoms with van der Waals surface area (Å²) in [7, 11) is 1.56. The smallest absolute Gasteiger partial charge is 0.351 e. The summed E-state index contributed by atoms with van der Waals surface area (Å²) in [5.41, 5.74) is 2.46. The van der Waals surface area contributed by atoms with E-state index in [0.717, 1.165) is 15.8 Å². The van der Waals surface area contributed by atoms with Gasteiger partial charge in [-0.25, -0.2) is 18.9 Å². The zero-order valence-corrected chi connectivity index (χ0v) is 17.3. The van der Waals surface area contributed by atoms with Gasteiger partial charge in [0.2, 0.25) is 11.6 Å². The monoisotopic (exact) mass is 419 g/mol. The fourth-order valence-electron chi connectivity index (χ4n) is 3.16. The zero-order chi connectivity index (χ0) is 22.0. The molecule has 0 unspecified atom stereocenters. The maximum Gasteiger partial charge on any atom is 0.351 e. The fraction of sp³-hybridized carbons (Fsp3) is 0.182. The van der Waals surface area contributed by atoms with Gasteiger partial charge in [0.15, 0.2) is 0 Å². The van der Waals surface area contributed by atoms with E-state index in [9.17, 15) is 9.59 Å². The van der Waals surface area contributed by atoms with Crippen molar-refractivity contribution in [3.63, 3.8) is 0 Å². The SMILES string of the molecule is COc1cccc(Oc2nccn3c(=O)n(CC(=O)Nc4ccc(C)cc4C)nc23)c1. The highest BCUT2D eigenvalue weighted by atomic mass is 16.5. The number of benzene rings is 2. The maximum absolute atomic E-state index is 12.7. The molecule has 0 fully saturated rings. The van der Waals surface area contributed by atoms with Crippen LogP contribution >= 0.6 is 0 Å². The van der Waals surface area contributed by atoms with Crippen LogP contribution in [0.15, 0.2) is 59.7 Å². The Morgan fingerprint density at radius 3 is 2.71 bits per heavy atom. The Kier molecular flexibility index (Phi) is 5.40. The van der Waals surface area contributed by atoms with Crippen molar-refractivity contribution in [1.29, 1.82) is 0 Å². The van der Waals surface area contributed by atoms with Crippen LogP contribution in [0.2, 0.25) is 0 Å². The van der Waals surface area contributed by atoms with Crippen LogP contribution in [0.1, 0.15) is 11.1 Å². The van der Waals surface area contributed by atoms with Crippen LogP contribution in [-0.4, -0.2) is 32.2 Å². The van der Waals surface area contributed by atoms with Crippen LogP contribution in [0.4, 0.5) is 5.69 Å². The summed E-state index contributed by atoms with van der Waals surface area (Å²) in [6.07, 6.45) is 2.91. The van der Waals surface area contributed by atoms with Gasteiger partial charge in [-0.1, -0.05) is 23.8 Å². The number of fused-ring (bicyclic) bond motifs is 1. The molecule has 0 spiro atoms. The summed E-state index contributed by atoms with van der Waals surface area (Å²) in [4.78, 5) is 29.4. The van der Waals surface area contributed by atoms with Crippen molar-refractivity contribution in [2.24, 2.45) is 0 Å². The second kappa shape index (κ2) is 8.31. The molecule has 4 rings (SSSR count). The van der Waals surface area contributed by atoms with E-state index in [0.29, 0.717) is 17.2 Å². The highest BCUT2D eigenvalue weighted by Crippen LogP contribution is 2.25. The molecule has 2 aromatic carbocycles. The molecule has 4 aromatic rings. The van der Waals surface area contributed by atoms with Gasteiger partial charge in [0, 0.05) is 24.1 Å². The van der Waals surface area contributed by atoms with Crippen molar-refractivity contribution in [2.45, 2.75) is 20.4 Å². The molecule has 0 bridgehead atoms. The normalized spacial score (nSPS) is 10.8. The second-order valence-electron chi connectivity index (χ2n) is 7.01. The Bertz CT molecular complexity index is 1330. The summed E-state index contributed by atoms with van der Waals surface area (Å²) in [5, 5.41) is 7.07. The van der Waals surface area contributed by atoms with Gasteiger partial charge in [0.25, 0.3) is 5.88 Å². The number of hydrogen-bond donors (Lipinski definition) is 1. The molecule has 2 heterocycles. The zero-order valence-electron chi connectivity index (χ0n) is 17.3. The van der Waals surface area contributed by atoms with E-state index < -0.39 is 5.69 Å². The van der Waals surface area contributed by atoms with Crippen molar-refractivity contribution in [3.8, 4) is 17.4 Å². The Labute approximate surface area is 177 Å². The number of carbonyl (C=O) groups is 1. The molecule has 0 radical (unpaired) electrons. The summed E-state index contributed by atoms with van der Waals surface area (Å²) >= 11 is 0. The number of aromatic nitrogens is 4. The number of anilines is 1. The van der Waals surface area contributed by atoms with E-state index >= 15 is 0 Å². The van der Waals surface area contributed by atoms with E-state index in [1.54, 1.807) is 31.4 Å². The van der Waals surface area contributed by atoms with Crippen molar-refractivity contribution in [3.05, 3.63) is 76.5 Å². The Morgan fingerprint density at radius 1 is 1.13 bits per heavy atom. The average Bonchev–Trinajstić information content (AvgIpc) is 3.07. The molecule has 9 heteroatoms. The molecule has 0 aliphatic heterocycles. The molecule has 0 aliphatic rings. The molecular formula is C22H21N5O4. The summed E-state index contributed by atoms with van der Waals surface area (Å²) < 4.78 is 13.4. The number of methoxy groups -OCH3 is 1. The Hall–Kier alpha value is -4.14. The average molecular weight is 419 g/mol. The number of aryl methyl sites for hydroxylation is 2. The lowest BCUT2D eigenvalue weighted by molar-refractivity contribution is -0.117. The third-order valence-electron chi connectivity index (χ3n) is 4.67. The molecule has 158 valence electrons. The van der Waals surface area contributed by atoms with Crippen LogP contribution in [0.3, 0.4) is 0 Å². The topological polar surface area (TPSA) is 99.8 Å². The third kappa shape index (κ3) is 4.25. The van der Waals surface area contributed by atoms with Crippen molar-refractivity contribution >= 4 is 17.2 Å². The minimum absolute atomic E-state index is 0.140. The number of rotatable bonds is 6. The minimum atomic E-state index is -0.469. The number of nitrogens with zero attached hydrogens (tertiary/aromatic N) is 4. The lowest BCUT2D eigenvalue weighted by Crippen LogP contribution is -2.28. The fourth-order valence-corrected chi connectivity index (χ4v) is 3.16.